The number of hydrogen-bond donors (Lipinski definition) is 0. The van der Waals surface area contributed by atoms with Crippen molar-refractivity contribution in [3.8, 4) is 5.75 Å². The van der Waals surface area contributed by atoms with Crippen molar-refractivity contribution in [1.82, 2.24) is 0 Å². The van der Waals surface area contributed by atoms with E-state index in [9.17, 15) is 0 Å². The molecule has 20 heavy (non-hydrogen) atoms. The van der Waals surface area contributed by atoms with Gasteiger partial charge in [-0.25, -0.2) is 0 Å². The molecule has 0 aromatic heterocycles. The third-order valence-corrected chi connectivity index (χ3v) is 3.70. The van der Waals surface area contributed by atoms with E-state index in [1.807, 2.05) is 24.3 Å². The van der Waals surface area contributed by atoms with Crippen LogP contribution in [0.15, 0.2) is 24.3 Å². The maximum Gasteiger partial charge on any atom is 0.119 e. The van der Waals surface area contributed by atoms with Gasteiger partial charge in [-0.1, -0.05) is 83.3 Å². The van der Waals surface area contributed by atoms with Crippen molar-refractivity contribution in [2.24, 2.45) is 0 Å². The molecule has 1 aromatic carbocycles. The van der Waals surface area contributed by atoms with E-state index in [-0.39, 0.29) is 0 Å². The molecular weight excluding hydrogens is 244 g/mol. The summed E-state index contributed by atoms with van der Waals surface area (Å²) >= 11 is 0. The maximum absolute atomic E-state index is 5.67. The smallest absolute Gasteiger partial charge is 0.119 e. The second-order valence-corrected chi connectivity index (χ2v) is 5.62. The van der Waals surface area contributed by atoms with Crippen molar-refractivity contribution in [3.63, 3.8) is 0 Å². The summed E-state index contributed by atoms with van der Waals surface area (Å²) in [5.74, 6) is 0.968. The van der Waals surface area contributed by atoms with Crippen LogP contribution in [0.25, 0.3) is 0 Å². The fraction of sp³-hybridized carbons (Fsp3) is 0.684. The van der Waals surface area contributed by atoms with Crippen molar-refractivity contribution in [2.45, 2.75) is 77.6 Å². The maximum atomic E-state index is 5.67. The minimum Gasteiger partial charge on any atom is -0.494 e. The molecule has 1 rings (SSSR count). The first-order valence-electron chi connectivity index (χ1n) is 8.52. The largest absolute Gasteiger partial charge is 0.494 e. The van der Waals surface area contributed by atoms with Crippen molar-refractivity contribution in [2.75, 3.05) is 6.61 Å². The summed E-state index contributed by atoms with van der Waals surface area (Å²) in [6, 6.07) is 10.7. The lowest BCUT2D eigenvalue weighted by atomic mass is 10.1. The molecule has 1 radical (unpaired) electrons. The average molecular weight is 275 g/mol. The normalized spacial score (nSPS) is 10.7. The lowest BCUT2D eigenvalue weighted by Gasteiger charge is -2.05. The summed E-state index contributed by atoms with van der Waals surface area (Å²) < 4.78 is 5.67. The van der Waals surface area contributed by atoms with Crippen LogP contribution in [0.2, 0.25) is 0 Å². The number of ether oxygens (including phenoxy) is 1. The van der Waals surface area contributed by atoms with Gasteiger partial charge in [0.25, 0.3) is 0 Å². The molecule has 0 aliphatic rings. The highest BCUT2D eigenvalue weighted by Gasteiger charge is 1.94. The zero-order valence-electron chi connectivity index (χ0n) is 13.2. The van der Waals surface area contributed by atoms with E-state index in [0.29, 0.717) is 0 Å². The van der Waals surface area contributed by atoms with Crippen LogP contribution >= 0.6 is 0 Å². The van der Waals surface area contributed by atoms with Crippen LogP contribution in [0.5, 0.6) is 5.75 Å². The molecule has 0 amide bonds. The number of benzene rings is 1. The molecule has 0 bridgehead atoms. The van der Waals surface area contributed by atoms with Crippen molar-refractivity contribution < 1.29 is 4.74 Å². The van der Waals surface area contributed by atoms with Crippen LogP contribution in [-0.2, 0) is 0 Å². The Kier molecular flexibility index (Phi) is 11.1. The molecule has 0 N–H and O–H groups in total. The zero-order chi connectivity index (χ0) is 14.3. The summed E-state index contributed by atoms with van der Waals surface area (Å²) in [5, 5.41) is 0. The molecule has 1 heteroatoms. The second kappa shape index (κ2) is 13.0. The van der Waals surface area contributed by atoms with Gasteiger partial charge in [-0.3, -0.25) is 0 Å². The van der Waals surface area contributed by atoms with E-state index in [1.165, 1.54) is 70.6 Å². The Bertz CT molecular complexity index is 294. The summed E-state index contributed by atoms with van der Waals surface area (Å²) in [7, 11) is 0. The SMILES string of the molecule is CCCCCCCCCCCCCOc1cc[c]cc1. The second-order valence-electron chi connectivity index (χ2n) is 5.62. The quantitative estimate of drug-likeness (QED) is 0.391. The Hall–Kier alpha value is -0.980. The molecule has 0 unspecified atom stereocenters. The molecule has 0 atom stereocenters. The van der Waals surface area contributed by atoms with Gasteiger partial charge in [-0.15, -0.1) is 0 Å². The molecule has 0 saturated carbocycles. The van der Waals surface area contributed by atoms with Gasteiger partial charge >= 0.3 is 0 Å². The van der Waals surface area contributed by atoms with E-state index < -0.39 is 0 Å². The number of rotatable bonds is 13. The van der Waals surface area contributed by atoms with Crippen LogP contribution in [-0.4, -0.2) is 6.61 Å². The van der Waals surface area contributed by atoms with Gasteiger partial charge in [0.2, 0.25) is 0 Å². The van der Waals surface area contributed by atoms with Crippen molar-refractivity contribution in [3.05, 3.63) is 30.3 Å². The summed E-state index contributed by atoms with van der Waals surface area (Å²) in [4.78, 5) is 0. The number of hydrogen-bond acceptors (Lipinski definition) is 1. The lowest BCUT2D eigenvalue weighted by Crippen LogP contribution is -1.96. The van der Waals surface area contributed by atoms with Gasteiger partial charge in [0.15, 0.2) is 0 Å². The van der Waals surface area contributed by atoms with Crippen LogP contribution in [0.1, 0.15) is 77.6 Å². The van der Waals surface area contributed by atoms with Gasteiger partial charge in [0.05, 0.1) is 6.61 Å². The van der Waals surface area contributed by atoms with Crippen molar-refractivity contribution >= 4 is 0 Å². The highest BCUT2D eigenvalue weighted by atomic mass is 16.5. The van der Waals surface area contributed by atoms with Gasteiger partial charge in [0, 0.05) is 0 Å². The van der Waals surface area contributed by atoms with E-state index in [4.69, 9.17) is 4.74 Å². The third kappa shape index (κ3) is 9.89. The first kappa shape index (κ1) is 17.1. The first-order chi connectivity index (χ1) is 9.93. The van der Waals surface area contributed by atoms with Crippen molar-refractivity contribution in [1.29, 1.82) is 0 Å². The van der Waals surface area contributed by atoms with Gasteiger partial charge in [-0.05, 0) is 24.6 Å². The lowest BCUT2D eigenvalue weighted by molar-refractivity contribution is 0.304. The first-order valence-corrected chi connectivity index (χ1v) is 8.52. The highest BCUT2D eigenvalue weighted by Crippen LogP contribution is 2.12. The van der Waals surface area contributed by atoms with Gasteiger partial charge < -0.3 is 4.74 Å². The average Bonchev–Trinajstić information content (AvgIpc) is 2.49. The molecule has 0 heterocycles. The molecule has 0 aliphatic heterocycles. The Morgan fingerprint density at radius 3 is 1.80 bits per heavy atom. The van der Waals surface area contributed by atoms with E-state index >= 15 is 0 Å². The van der Waals surface area contributed by atoms with E-state index in [1.54, 1.807) is 0 Å². The standard InChI is InChI=1S/C19H31O/c1-2-3-4-5-6-7-8-9-10-11-15-18-20-19-16-13-12-14-17-19/h13-14,16-17H,2-11,15,18H2,1H3. The molecule has 0 spiro atoms. The fourth-order valence-electron chi connectivity index (χ4n) is 2.42. The van der Waals surface area contributed by atoms with Crippen LogP contribution in [0.4, 0.5) is 0 Å². The summed E-state index contributed by atoms with van der Waals surface area (Å²) in [6.45, 7) is 3.13. The zero-order valence-corrected chi connectivity index (χ0v) is 13.2. The summed E-state index contributed by atoms with van der Waals surface area (Å²) in [6.07, 6.45) is 15.2. The van der Waals surface area contributed by atoms with Crippen LogP contribution in [0.3, 0.4) is 0 Å². The molecule has 0 saturated heterocycles. The molecule has 0 aliphatic carbocycles. The highest BCUT2D eigenvalue weighted by molar-refractivity contribution is 5.20. The van der Waals surface area contributed by atoms with Crippen LogP contribution < -0.4 is 4.74 Å². The number of unbranched alkanes of at least 4 members (excludes halogenated alkanes) is 10. The molecule has 0 fully saturated rings. The minimum absolute atomic E-state index is 0.848. The molecule has 1 aromatic rings. The van der Waals surface area contributed by atoms with Gasteiger partial charge in [-0.2, -0.15) is 0 Å². The monoisotopic (exact) mass is 275 g/mol. The molecule has 113 valence electrons. The Balaban J connectivity index is 1.77. The van der Waals surface area contributed by atoms with E-state index in [2.05, 4.69) is 13.0 Å². The fourth-order valence-corrected chi connectivity index (χ4v) is 2.42. The predicted octanol–water partition coefficient (Wildman–Crippen LogP) is 6.18. The third-order valence-electron chi connectivity index (χ3n) is 3.70. The van der Waals surface area contributed by atoms with Gasteiger partial charge in [0.1, 0.15) is 5.75 Å². The molecular formula is C19H31O. The Morgan fingerprint density at radius 1 is 0.750 bits per heavy atom. The van der Waals surface area contributed by atoms with E-state index in [0.717, 1.165) is 12.4 Å². The Morgan fingerprint density at radius 2 is 1.25 bits per heavy atom. The summed E-state index contributed by atoms with van der Waals surface area (Å²) in [5.41, 5.74) is 0. The Labute approximate surface area is 125 Å². The van der Waals surface area contributed by atoms with Crippen LogP contribution in [0, 0.1) is 6.07 Å². The molecule has 1 nitrogen and oxygen atoms in total. The predicted molar refractivity (Wildman–Crippen MR) is 87.2 cm³/mol. The topological polar surface area (TPSA) is 9.23 Å². The minimum atomic E-state index is 0.848.